The molecule has 0 aliphatic rings. The van der Waals surface area contributed by atoms with Crippen LogP contribution in [0.15, 0.2) is 83.9 Å². The molecule has 2 heterocycles. The molecule has 0 unspecified atom stereocenters. The maximum absolute atomic E-state index is 13.1. The van der Waals surface area contributed by atoms with Crippen LogP contribution in [0.1, 0.15) is 15.9 Å². The molecule has 2 aromatic carbocycles. The lowest BCUT2D eigenvalue weighted by atomic mass is 10.1. The first-order chi connectivity index (χ1) is 15.9. The van der Waals surface area contributed by atoms with Crippen LogP contribution in [0.5, 0.6) is 0 Å². The Balaban J connectivity index is 1.45. The van der Waals surface area contributed by atoms with Gasteiger partial charge in [0.1, 0.15) is 17.9 Å². The van der Waals surface area contributed by atoms with Crippen molar-refractivity contribution in [3.8, 4) is 0 Å². The van der Waals surface area contributed by atoms with Gasteiger partial charge in [-0.05, 0) is 60.2 Å². The number of carbonyl (C=O) groups excluding carboxylic acids is 2. The summed E-state index contributed by atoms with van der Waals surface area (Å²) in [6, 6.07) is 17.7. The summed E-state index contributed by atoms with van der Waals surface area (Å²) in [5.41, 5.74) is 1.47. The van der Waals surface area contributed by atoms with E-state index in [9.17, 15) is 18.8 Å². The van der Waals surface area contributed by atoms with Crippen LogP contribution >= 0.6 is 0 Å². The summed E-state index contributed by atoms with van der Waals surface area (Å²) < 4.78 is 14.2. The molecule has 7 nitrogen and oxygen atoms in total. The fraction of sp³-hybridized carbons (Fsp3) is 0.120. The zero-order valence-corrected chi connectivity index (χ0v) is 17.9. The highest BCUT2D eigenvalue weighted by Crippen LogP contribution is 2.15. The number of amides is 2. The van der Waals surface area contributed by atoms with Crippen molar-refractivity contribution < 1.29 is 14.0 Å². The second-order valence-corrected chi connectivity index (χ2v) is 7.60. The van der Waals surface area contributed by atoms with Crippen molar-refractivity contribution in [2.75, 3.05) is 12.4 Å². The van der Waals surface area contributed by atoms with Gasteiger partial charge in [-0.2, -0.15) is 0 Å². The third-order valence-corrected chi connectivity index (χ3v) is 5.19. The molecule has 0 fully saturated rings. The van der Waals surface area contributed by atoms with Crippen LogP contribution in [0.3, 0.4) is 0 Å². The van der Waals surface area contributed by atoms with Gasteiger partial charge in [-0.25, -0.2) is 4.39 Å². The second kappa shape index (κ2) is 9.44. The van der Waals surface area contributed by atoms with E-state index in [1.54, 1.807) is 13.2 Å². The van der Waals surface area contributed by atoms with Gasteiger partial charge in [0.05, 0.1) is 5.52 Å². The minimum absolute atomic E-state index is 0.112. The van der Waals surface area contributed by atoms with Gasteiger partial charge in [0.25, 0.3) is 11.5 Å². The lowest BCUT2D eigenvalue weighted by Gasteiger charge is -2.18. The molecule has 33 heavy (non-hydrogen) atoms. The van der Waals surface area contributed by atoms with Crippen molar-refractivity contribution in [2.45, 2.75) is 13.1 Å². The standard InChI is InChI=1S/C25H21FN4O3/c1-29(15-17-6-11-22-18(14-17)4-2-12-27-22)23(31)16-30-13-3-5-21(25(30)33)24(32)28-20-9-7-19(26)8-10-20/h2-14H,15-16H2,1H3,(H,28,32). The fourth-order valence-electron chi connectivity index (χ4n) is 3.42. The summed E-state index contributed by atoms with van der Waals surface area (Å²) in [7, 11) is 1.66. The number of hydrogen-bond acceptors (Lipinski definition) is 4. The van der Waals surface area contributed by atoms with Crippen LogP contribution < -0.4 is 10.9 Å². The molecule has 2 amide bonds. The molecular weight excluding hydrogens is 423 g/mol. The summed E-state index contributed by atoms with van der Waals surface area (Å²) in [6.07, 6.45) is 3.19. The highest BCUT2D eigenvalue weighted by atomic mass is 19.1. The van der Waals surface area contributed by atoms with Crippen molar-refractivity contribution >= 4 is 28.4 Å². The molecule has 0 aliphatic heterocycles. The number of halogens is 1. The van der Waals surface area contributed by atoms with Crippen LogP contribution in [-0.4, -0.2) is 33.3 Å². The van der Waals surface area contributed by atoms with Gasteiger partial charge in [-0.15, -0.1) is 0 Å². The number of benzene rings is 2. The number of pyridine rings is 2. The van der Waals surface area contributed by atoms with E-state index in [1.165, 1.54) is 52.1 Å². The van der Waals surface area contributed by atoms with Crippen molar-refractivity contribution in [1.82, 2.24) is 14.5 Å². The molecule has 4 aromatic rings. The number of nitrogens with one attached hydrogen (secondary N) is 1. The van der Waals surface area contributed by atoms with E-state index in [0.717, 1.165) is 16.5 Å². The lowest BCUT2D eigenvalue weighted by Crippen LogP contribution is -2.35. The molecule has 166 valence electrons. The van der Waals surface area contributed by atoms with E-state index >= 15 is 0 Å². The van der Waals surface area contributed by atoms with Crippen LogP contribution in [0.2, 0.25) is 0 Å². The Hall–Kier alpha value is -4.33. The molecular formula is C25H21FN4O3. The van der Waals surface area contributed by atoms with Crippen LogP contribution in [0.25, 0.3) is 10.9 Å². The molecule has 0 atom stereocenters. The van der Waals surface area contributed by atoms with Gasteiger partial charge < -0.3 is 14.8 Å². The summed E-state index contributed by atoms with van der Waals surface area (Å²) in [6.45, 7) is 0.158. The zero-order chi connectivity index (χ0) is 23.4. The molecule has 0 spiro atoms. The van der Waals surface area contributed by atoms with E-state index in [1.807, 2.05) is 30.3 Å². The predicted molar refractivity (Wildman–Crippen MR) is 123 cm³/mol. The Bertz CT molecular complexity index is 1380. The minimum atomic E-state index is -0.633. The Morgan fingerprint density at radius 3 is 2.64 bits per heavy atom. The normalized spacial score (nSPS) is 10.7. The van der Waals surface area contributed by atoms with Gasteiger partial charge in [0, 0.05) is 37.1 Å². The monoisotopic (exact) mass is 444 g/mol. The van der Waals surface area contributed by atoms with E-state index in [2.05, 4.69) is 10.3 Å². The number of anilines is 1. The van der Waals surface area contributed by atoms with Gasteiger partial charge >= 0.3 is 0 Å². The largest absolute Gasteiger partial charge is 0.340 e. The minimum Gasteiger partial charge on any atom is -0.340 e. The SMILES string of the molecule is CN(Cc1ccc2ncccc2c1)C(=O)Cn1cccc(C(=O)Nc2ccc(F)cc2)c1=O. The number of nitrogens with zero attached hydrogens (tertiary/aromatic N) is 3. The smallest absolute Gasteiger partial charge is 0.263 e. The lowest BCUT2D eigenvalue weighted by molar-refractivity contribution is -0.131. The van der Waals surface area contributed by atoms with E-state index < -0.39 is 17.3 Å². The van der Waals surface area contributed by atoms with Crippen LogP contribution in [0, 0.1) is 5.82 Å². The first-order valence-corrected chi connectivity index (χ1v) is 10.2. The van der Waals surface area contributed by atoms with Crippen LogP contribution in [0.4, 0.5) is 10.1 Å². The van der Waals surface area contributed by atoms with Crippen molar-refractivity contribution in [3.63, 3.8) is 0 Å². The Kier molecular flexibility index (Phi) is 6.26. The van der Waals surface area contributed by atoms with Gasteiger partial charge in [0.2, 0.25) is 5.91 Å². The summed E-state index contributed by atoms with van der Waals surface area (Å²) in [5.74, 6) is -1.34. The van der Waals surface area contributed by atoms with Crippen LogP contribution in [-0.2, 0) is 17.9 Å². The highest BCUT2D eigenvalue weighted by molar-refractivity contribution is 6.04. The fourth-order valence-corrected chi connectivity index (χ4v) is 3.42. The number of fused-ring (bicyclic) bond motifs is 1. The molecule has 8 heteroatoms. The first-order valence-electron chi connectivity index (χ1n) is 10.2. The Morgan fingerprint density at radius 2 is 1.85 bits per heavy atom. The summed E-state index contributed by atoms with van der Waals surface area (Å²) in [4.78, 5) is 43.9. The van der Waals surface area contributed by atoms with Crippen molar-refractivity contribution in [2.24, 2.45) is 0 Å². The van der Waals surface area contributed by atoms with E-state index in [-0.39, 0.29) is 18.0 Å². The topological polar surface area (TPSA) is 84.3 Å². The third-order valence-electron chi connectivity index (χ3n) is 5.19. The van der Waals surface area contributed by atoms with Gasteiger partial charge in [-0.1, -0.05) is 12.1 Å². The molecule has 0 bridgehead atoms. The first kappa shape index (κ1) is 21.9. The average molecular weight is 444 g/mol. The number of rotatable bonds is 6. The number of likely N-dealkylation sites (N-methyl/N-ethyl adjacent to an activating group) is 1. The molecule has 2 aromatic heterocycles. The maximum Gasteiger partial charge on any atom is 0.263 e. The number of aromatic nitrogens is 2. The summed E-state index contributed by atoms with van der Waals surface area (Å²) in [5, 5.41) is 3.54. The Labute approximate surface area is 189 Å². The molecule has 1 N–H and O–H groups in total. The summed E-state index contributed by atoms with van der Waals surface area (Å²) >= 11 is 0. The quantitative estimate of drug-likeness (QED) is 0.494. The molecule has 0 saturated heterocycles. The molecule has 4 rings (SSSR count). The van der Waals surface area contributed by atoms with Crippen molar-refractivity contribution in [3.05, 3.63) is 106 Å². The molecule has 0 aliphatic carbocycles. The second-order valence-electron chi connectivity index (χ2n) is 7.60. The Morgan fingerprint density at radius 1 is 1.06 bits per heavy atom. The number of carbonyl (C=O) groups is 2. The van der Waals surface area contributed by atoms with Gasteiger partial charge in [-0.3, -0.25) is 19.4 Å². The van der Waals surface area contributed by atoms with E-state index in [4.69, 9.17) is 0 Å². The average Bonchev–Trinajstić information content (AvgIpc) is 2.81. The molecule has 0 saturated carbocycles. The zero-order valence-electron chi connectivity index (χ0n) is 17.9. The number of hydrogen-bond donors (Lipinski definition) is 1. The van der Waals surface area contributed by atoms with Gasteiger partial charge in [0.15, 0.2) is 0 Å². The highest BCUT2D eigenvalue weighted by Gasteiger charge is 2.16. The van der Waals surface area contributed by atoms with E-state index in [0.29, 0.717) is 12.2 Å². The maximum atomic E-state index is 13.1. The predicted octanol–water partition coefficient (Wildman–Crippen LogP) is 3.45. The van der Waals surface area contributed by atoms with Crippen molar-refractivity contribution in [1.29, 1.82) is 0 Å². The third kappa shape index (κ3) is 5.12. The molecule has 0 radical (unpaired) electrons.